The van der Waals surface area contributed by atoms with Crippen molar-refractivity contribution in [3.05, 3.63) is 0 Å². The minimum Gasteiger partial charge on any atom is -0.229 e. The summed E-state index contributed by atoms with van der Waals surface area (Å²) < 4.78 is 0. The van der Waals surface area contributed by atoms with E-state index in [1.807, 2.05) is 0 Å². The molecule has 0 saturated heterocycles. The molecule has 2 heteroatoms. The van der Waals surface area contributed by atoms with Gasteiger partial charge in [-0.15, -0.1) is 0 Å². The van der Waals surface area contributed by atoms with Gasteiger partial charge in [0.05, 0.1) is 11.2 Å². The van der Waals surface area contributed by atoms with Crippen molar-refractivity contribution in [2.24, 2.45) is 4.99 Å². The highest BCUT2D eigenvalue weighted by atomic mass is 32.1. The molecular weight excluding hydrogens is 166 g/mol. The van der Waals surface area contributed by atoms with Gasteiger partial charge < -0.3 is 0 Å². The zero-order valence-corrected chi connectivity index (χ0v) is 8.99. The normalized spacial score (nSPS) is 12.2. The molecule has 1 atom stereocenters. The first kappa shape index (κ1) is 11.8. The topological polar surface area (TPSA) is 12.4 Å². The van der Waals surface area contributed by atoms with Crippen molar-refractivity contribution in [3.8, 4) is 0 Å². The van der Waals surface area contributed by atoms with Crippen LogP contribution in [0.2, 0.25) is 0 Å². The van der Waals surface area contributed by atoms with Crippen LogP contribution in [0.15, 0.2) is 4.99 Å². The lowest BCUT2D eigenvalue weighted by Crippen LogP contribution is -1.96. The molecule has 0 fully saturated rings. The first-order valence-corrected chi connectivity index (χ1v) is 5.29. The summed E-state index contributed by atoms with van der Waals surface area (Å²) in [6.07, 6.45) is 7.82. The summed E-state index contributed by atoms with van der Waals surface area (Å²) in [7, 11) is 0. The van der Waals surface area contributed by atoms with E-state index < -0.39 is 0 Å². The number of isothiocyanates is 1. The predicted octanol–water partition coefficient (Wildman–Crippen LogP) is 3.84. The predicted molar refractivity (Wildman–Crippen MR) is 57.9 cm³/mol. The molecule has 0 amide bonds. The second-order valence-corrected chi connectivity index (χ2v) is 3.45. The van der Waals surface area contributed by atoms with Gasteiger partial charge in [0.1, 0.15) is 0 Å². The van der Waals surface area contributed by atoms with Gasteiger partial charge in [-0.25, -0.2) is 4.99 Å². The van der Waals surface area contributed by atoms with Crippen molar-refractivity contribution in [2.45, 2.75) is 58.4 Å². The van der Waals surface area contributed by atoms with Crippen LogP contribution in [0.25, 0.3) is 0 Å². The van der Waals surface area contributed by atoms with Crippen molar-refractivity contribution in [2.75, 3.05) is 0 Å². The molecule has 0 aliphatic heterocycles. The Balaban J connectivity index is 3.13. The zero-order valence-electron chi connectivity index (χ0n) is 8.18. The van der Waals surface area contributed by atoms with Crippen molar-refractivity contribution in [1.82, 2.24) is 0 Å². The molecule has 0 aromatic rings. The van der Waals surface area contributed by atoms with E-state index in [1.54, 1.807) is 0 Å². The van der Waals surface area contributed by atoms with E-state index in [2.05, 4.69) is 36.2 Å². The fourth-order valence-electron chi connectivity index (χ4n) is 1.20. The van der Waals surface area contributed by atoms with Crippen molar-refractivity contribution in [3.63, 3.8) is 0 Å². The fourth-order valence-corrected chi connectivity index (χ4v) is 1.38. The molecule has 0 heterocycles. The third kappa shape index (κ3) is 7.90. The Kier molecular flexibility index (Phi) is 8.74. The number of unbranched alkanes of at least 4 members (excludes halogenated alkanes) is 4. The Morgan fingerprint density at radius 2 is 1.92 bits per heavy atom. The zero-order chi connectivity index (χ0) is 9.23. The maximum absolute atomic E-state index is 4.53. The molecule has 0 unspecified atom stereocenters. The summed E-state index contributed by atoms with van der Waals surface area (Å²) in [5.41, 5.74) is 0. The SMILES string of the molecule is CCCCCCC[C@H](C)N=C=S. The number of aliphatic imine (C=N–C) groups is 1. The number of hydrogen-bond donors (Lipinski definition) is 0. The van der Waals surface area contributed by atoms with Crippen LogP contribution in [0, 0.1) is 0 Å². The number of rotatable bonds is 7. The summed E-state index contributed by atoms with van der Waals surface area (Å²) in [4.78, 5) is 4.01. The molecule has 0 aromatic carbocycles. The minimum atomic E-state index is 0.379. The first-order chi connectivity index (χ1) is 5.81. The lowest BCUT2D eigenvalue weighted by molar-refractivity contribution is 0.566. The molecule has 0 bridgehead atoms. The fraction of sp³-hybridized carbons (Fsp3) is 0.900. The van der Waals surface area contributed by atoms with Crippen LogP contribution >= 0.6 is 12.2 Å². The van der Waals surface area contributed by atoms with Gasteiger partial charge >= 0.3 is 0 Å². The molecule has 0 aliphatic carbocycles. The van der Waals surface area contributed by atoms with E-state index in [-0.39, 0.29) is 0 Å². The van der Waals surface area contributed by atoms with Crippen LogP contribution in [0.1, 0.15) is 52.4 Å². The molecule has 12 heavy (non-hydrogen) atoms. The molecule has 0 radical (unpaired) electrons. The Bertz CT molecular complexity index is 139. The van der Waals surface area contributed by atoms with Crippen LogP contribution < -0.4 is 0 Å². The molecule has 0 saturated carbocycles. The molecule has 0 aromatic heterocycles. The van der Waals surface area contributed by atoms with Crippen LogP contribution in [0.4, 0.5) is 0 Å². The van der Waals surface area contributed by atoms with Crippen molar-refractivity contribution >= 4 is 17.4 Å². The standard InChI is InChI=1S/C10H19NS/c1-3-4-5-6-7-8-10(2)11-9-12/h10H,3-8H2,1-2H3/t10-/m0/s1. The smallest absolute Gasteiger partial charge is 0.0587 e. The molecule has 0 aliphatic rings. The van der Waals surface area contributed by atoms with Gasteiger partial charge in [0.15, 0.2) is 0 Å². The van der Waals surface area contributed by atoms with Gasteiger partial charge in [0, 0.05) is 0 Å². The lowest BCUT2D eigenvalue weighted by atomic mass is 10.1. The van der Waals surface area contributed by atoms with Gasteiger partial charge in [-0.05, 0) is 25.6 Å². The average molecular weight is 185 g/mol. The van der Waals surface area contributed by atoms with Crippen LogP contribution in [0.5, 0.6) is 0 Å². The number of thiocarbonyl (C=S) groups is 1. The van der Waals surface area contributed by atoms with Crippen LogP contribution in [-0.4, -0.2) is 11.2 Å². The Labute approximate surface area is 81.3 Å². The summed E-state index contributed by atoms with van der Waals surface area (Å²) in [5.74, 6) is 0. The number of nitrogens with zero attached hydrogens (tertiary/aromatic N) is 1. The highest BCUT2D eigenvalue weighted by Gasteiger charge is 1.96. The molecule has 0 rings (SSSR count). The van der Waals surface area contributed by atoms with E-state index in [0.29, 0.717) is 6.04 Å². The van der Waals surface area contributed by atoms with E-state index in [9.17, 15) is 0 Å². The molecule has 1 nitrogen and oxygen atoms in total. The second kappa shape index (κ2) is 8.89. The van der Waals surface area contributed by atoms with Crippen molar-refractivity contribution in [1.29, 1.82) is 0 Å². The maximum Gasteiger partial charge on any atom is 0.0587 e. The molecule has 70 valence electrons. The average Bonchev–Trinajstić information content (AvgIpc) is 2.05. The van der Waals surface area contributed by atoms with E-state index in [0.717, 1.165) is 6.42 Å². The summed E-state index contributed by atoms with van der Waals surface area (Å²) in [6, 6.07) is 0.379. The minimum absolute atomic E-state index is 0.379. The van der Waals surface area contributed by atoms with Gasteiger partial charge in [0.2, 0.25) is 0 Å². The van der Waals surface area contributed by atoms with E-state index in [1.165, 1.54) is 32.1 Å². The Morgan fingerprint density at radius 1 is 1.25 bits per heavy atom. The monoisotopic (exact) mass is 185 g/mol. The summed E-state index contributed by atoms with van der Waals surface area (Å²) in [6.45, 7) is 4.33. The van der Waals surface area contributed by atoms with Gasteiger partial charge in [-0.2, -0.15) is 0 Å². The second-order valence-electron chi connectivity index (χ2n) is 3.27. The number of hydrogen-bond acceptors (Lipinski definition) is 2. The largest absolute Gasteiger partial charge is 0.229 e. The summed E-state index contributed by atoms with van der Waals surface area (Å²) in [5, 5.41) is 2.43. The van der Waals surface area contributed by atoms with Gasteiger partial charge in [0.25, 0.3) is 0 Å². The van der Waals surface area contributed by atoms with Gasteiger partial charge in [-0.1, -0.05) is 39.0 Å². The van der Waals surface area contributed by atoms with E-state index in [4.69, 9.17) is 0 Å². The Morgan fingerprint density at radius 3 is 2.50 bits per heavy atom. The highest BCUT2D eigenvalue weighted by molar-refractivity contribution is 7.78. The molecular formula is C10H19NS. The van der Waals surface area contributed by atoms with Crippen molar-refractivity contribution < 1.29 is 0 Å². The van der Waals surface area contributed by atoms with Crippen LogP contribution in [0.3, 0.4) is 0 Å². The lowest BCUT2D eigenvalue weighted by Gasteiger charge is -2.02. The first-order valence-electron chi connectivity index (χ1n) is 4.88. The quantitative estimate of drug-likeness (QED) is 0.333. The van der Waals surface area contributed by atoms with Gasteiger partial charge in [-0.3, -0.25) is 0 Å². The molecule has 0 spiro atoms. The summed E-state index contributed by atoms with van der Waals surface area (Å²) >= 11 is 4.53. The van der Waals surface area contributed by atoms with Crippen LogP contribution in [-0.2, 0) is 0 Å². The third-order valence-corrected chi connectivity index (χ3v) is 2.10. The van der Waals surface area contributed by atoms with E-state index >= 15 is 0 Å². The third-order valence-electron chi connectivity index (χ3n) is 2.00. The maximum atomic E-state index is 4.53. The Hall–Kier alpha value is -0.200. The molecule has 0 N–H and O–H groups in total. The highest BCUT2D eigenvalue weighted by Crippen LogP contribution is 2.08.